The summed E-state index contributed by atoms with van der Waals surface area (Å²) in [5.41, 5.74) is 2.96. The average molecular weight is 393 g/mol. The van der Waals surface area contributed by atoms with E-state index in [1.807, 2.05) is 30.6 Å². The number of hydrogen-bond acceptors (Lipinski definition) is 5. The molecule has 0 bridgehead atoms. The number of aromatic carboxylic acids is 1. The third-order valence-corrected chi connectivity index (χ3v) is 5.48. The van der Waals surface area contributed by atoms with Crippen LogP contribution in [-0.4, -0.2) is 55.5 Å². The Hall–Kier alpha value is -3.30. The second-order valence-electron chi connectivity index (χ2n) is 7.12. The standard InChI is InChI=1S/C20H20N6O3/c1-21-17-9-16(24-19-14(20(27)28)10-23-26(17)19)15-11-25(12-4-7-29-8-5-12)18-13(15)3-2-6-22-18/h2-3,6,9-12,21H,4-5,7-8H2,1H3,(H,27,28)/p+1. The number of nitrogens with two attached hydrogens (primary N) is 1. The van der Waals surface area contributed by atoms with E-state index in [0.29, 0.717) is 17.4 Å². The van der Waals surface area contributed by atoms with Gasteiger partial charge in [-0.05, 0) is 25.0 Å². The average Bonchev–Trinajstić information content (AvgIpc) is 3.35. The van der Waals surface area contributed by atoms with Crippen LogP contribution >= 0.6 is 0 Å². The van der Waals surface area contributed by atoms with Crippen LogP contribution in [0, 0.1) is 0 Å². The van der Waals surface area contributed by atoms with Crippen molar-refractivity contribution in [3.63, 3.8) is 0 Å². The summed E-state index contributed by atoms with van der Waals surface area (Å²) >= 11 is 0. The maximum atomic E-state index is 11.6. The van der Waals surface area contributed by atoms with Crippen molar-refractivity contribution in [2.75, 3.05) is 20.3 Å². The molecule has 1 aliphatic rings. The van der Waals surface area contributed by atoms with Crippen molar-refractivity contribution >= 4 is 28.5 Å². The van der Waals surface area contributed by atoms with Gasteiger partial charge in [0, 0.05) is 48.7 Å². The Balaban J connectivity index is 1.74. The van der Waals surface area contributed by atoms with Crippen LogP contribution < -0.4 is 5.32 Å². The molecule has 29 heavy (non-hydrogen) atoms. The van der Waals surface area contributed by atoms with Gasteiger partial charge >= 0.3 is 5.97 Å². The summed E-state index contributed by atoms with van der Waals surface area (Å²) in [5, 5.41) is 16.6. The molecular formula is C20H21N6O3+. The minimum absolute atomic E-state index is 0.0845. The largest absolute Gasteiger partial charge is 0.477 e. The van der Waals surface area contributed by atoms with E-state index in [0.717, 1.165) is 48.5 Å². The summed E-state index contributed by atoms with van der Waals surface area (Å²) in [6, 6.07) is 6.19. The first-order valence-electron chi connectivity index (χ1n) is 9.62. The van der Waals surface area contributed by atoms with Gasteiger partial charge in [-0.1, -0.05) is 0 Å². The third kappa shape index (κ3) is 2.86. The van der Waals surface area contributed by atoms with Crippen molar-refractivity contribution in [2.24, 2.45) is 0 Å². The second kappa shape index (κ2) is 6.94. The van der Waals surface area contributed by atoms with Crippen LogP contribution in [0.1, 0.15) is 29.2 Å². The van der Waals surface area contributed by atoms with E-state index in [1.165, 1.54) is 6.20 Å². The first-order valence-corrected chi connectivity index (χ1v) is 9.62. The van der Waals surface area contributed by atoms with E-state index >= 15 is 0 Å². The molecule has 1 aliphatic heterocycles. The molecular weight excluding hydrogens is 372 g/mol. The number of carbonyl (C=O) groups is 1. The summed E-state index contributed by atoms with van der Waals surface area (Å²) in [6.07, 6.45) is 7.10. The van der Waals surface area contributed by atoms with Crippen LogP contribution in [0.4, 0.5) is 5.82 Å². The fourth-order valence-corrected chi connectivity index (χ4v) is 4.01. The number of ether oxygens (including phenoxy) is 1. The molecule has 5 rings (SSSR count). The zero-order valence-corrected chi connectivity index (χ0v) is 15.9. The van der Waals surface area contributed by atoms with Gasteiger partial charge in [-0.15, -0.1) is 0 Å². The molecule has 1 saturated heterocycles. The number of hydrogen-bond donors (Lipinski definition) is 2. The maximum Gasteiger partial charge on any atom is 0.341 e. The van der Waals surface area contributed by atoms with E-state index in [2.05, 4.69) is 25.8 Å². The van der Waals surface area contributed by atoms with Gasteiger partial charge < -0.3 is 14.4 Å². The molecule has 0 saturated carbocycles. The van der Waals surface area contributed by atoms with E-state index < -0.39 is 5.97 Å². The molecule has 0 unspecified atom stereocenters. The van der Waals surface area contributed by atoms with Crippen LogP contribution in [0.15, 0.2) is 36.8 Å². The van der Waals surface area contributed by atoms with Crippen molar-refractivity contribution in [2.45, 2.75) is 18.9 Å². The lowest BCUT2D eigenvalue weighted by Crippen LogP contribution is -2.73. The Morgan fingerprint density at radius 3 is 2.90 bits per heavy atom. The van der Waals surface area contributed by atoms with E-state index in [4.69, 9.17) is 4.74 Å². The van der Waals surface area contributed by atoms with Gasteiger partial charge in [0.2, 0.25) is 5.82 Å². The van der Waals surface area contributed by atoms with Gasteiger partial charge in [0.15, 0.2) is 5.65 Å². The molecule has 1 fully saturated rings. The number of fused-ring (bicyclic) bond motifs is 2. The number of carboxylic acid groups (broad SMARTS) is 1. The van der Waals surface area contributed by atoms with Crippen molar-refractivity contribution in [3.8, 4) is 11.3 Å². The fourth-order valence-electron chi connectivity index (χ4n) is 4.01. The van der Waals surface area contributed by atoms with E-state index in [-0.39, 0.29) is 5.56 Å². The van der Waals surface area contributed by atoms with Crippen LogP contribution in [0.3, 0.4) is 0 Å². The number of aromatic nitrogens is 5. The van der Waals surface area contributed by atoms with Crippen LogP contribution in [0.5, 0.6) is 0 Å². The highest BCUT2D eigenvalue weighted by Crippen LogP contribution is 2.34. The summed E-state index contributed by atoms with van der Waals surface area (Å²) in [6.45, 7) is 1.48. The molecule has 4 aromatic rings. The number of pyridine rings is 1. The SMILES string of the molecule is C[NH2+]c1cc(-c2cn(C3CCOCC3)c3ncccc23)nc2c(C(=O)O)cnn12. The summed E-state index contributed by atoms with van der Waals surface area (Å²) < 4.78 is 9.28. The molecule has 0 aromatic carbocycles. The van der Waals surface area contributed by atoms with Crippen molar-refractivity contribution in [1.29, 1.82) is 0 Å². The second-order valence-corrected chi connectivity index (χ2v) is 7.12. The summed E-state index contributed by atoms with van der Waals surface area (Å²) in [4.78, 5) is 20.9. The highest BCUT2D eigenvalue weighted by atomic mass is 16.5. The summed E-state index contributed by atoms with van der Waals surface area (Å²) in [5.74, 6) is -0.258. The van der Waals surface area contributed by atoms with Crippen molar-refractivity contribution in [1.82, 2.24) is 24.1 Å². The highest BCUT2D eigenvalue weighted by Gasteiger charge is 2.23. The van der Waals surface area contributed by atoms with Crippen LogP contribution in [0.25, 0.3) is 27.9 Å². The zero-order chi connectivity index (χ0) is 20.0. The lowest BCUT2D eigenvalue weighted by molar-refractivity contribution is -0.544. The lowest BCUT2D eigenvalue weighted by atomic mass is 10.1. The first kappa shape index (κ1) is 17.8. The predicted octanol–water partition coefficient (Wildman–Crippen LogP) is 1.62. The third-order valence-electron chi connectivity index (χ3n) is 5.48. The Bertz CT molecular complexity index is 1220. The van der Waals surface area contributed by atoms with Crippen LogP contribution in [-0.2, 0) is 4.74 Å². The normalized spacial score (nSPS) is 15.3. The molecule has 4 aromatic heterocycles. The minimum Gasteiger partial charge on any atom is -0.477 e. The predicted molar refractivity (Wildman–Crippen MR) is 105 cm³/mol. The quantitative estimate of drug-likeness (QED) is 0.545. The minimum atomic E-state index is -1.04. The number of carboxylic acids is 1. The monoisotopic (exact) mass is 393 g/mol. The molecule has 0 spiro atoms. The highest BCUT2D eigenvalue weighted by molar-refractivity contribution is 5.96. The van der Waals surface area contributed by atoms with Gasteiger partial charge in [0.25, 0.3) is 0 Å². The molecule has 9 nitrogen and oxygen atoms in total. The van der Waals surface area contributed by atoms with Gasteiger partial charge in [-0.2, -0.15) is 9.61 Å². The smallest absolute Gasteiger partial charge is 0.341 e. The lowest BCUT2D eigenvalue weighted by Gasteiger charge is -2.24. The summed E-state index contributed by atoms with van der Waals surface area (Å²) in [7, 11) is 1.90. The molecule has 9 heteroatoms. The number of nitrogens with zero attached hydrogens (tertiary/aromatic N) is 5. The Morgan fingerprint density at radius 1 is 1.31 bits per heavy atom. The topological polar surface area (TPSA) is 111 Å². The molecule has 3 N–H and O–H groups in total. The van der Waals surface area contributed by atoms with Gasteiger partial charge in [0.05, 0.1) is 18.9 Å². The zero-order valence-electron chi connectivity index (χ0n) is 15.9. The van der Waals surface area contributed by atoms with Gasteiger partial charge in [-0.3, -0.25) is 5.32 Å². The molecule has 5 heterocycles. The fraction of sp³-hybridized carbons (Fsp3) is 0.300. The van der Waals surface area contributed by atoms with Gasteiger partial charge in [0.1, 0.15) is 11.2 Å². The van der Waals surface area contributed by atoms with Crippen molar-refractivity contribution < 1.29 is 20.0 Å². The van der Waals surface area contributed by atoms with Crippen molar-refractivity contribution in [3.05, 3.63) is 42.4 Å². The number of quaternary nitrogens is 1. The number of rotatable bonds is 4. The van der Waals surface area contributed by atoms with Gasteiger partial charge in [-0.25, -0.2) is 14.8 Å². The first-order chi connectivity index (χ1) is 14.2. The van der Waals surface area contributed by atoms with Crippen LogP contribution in [0.2, 0.25) is 0 Å². The Labute approximate surface area is 166 Å². The molecule has 148 valence electrons. The Kier molecular flexibility index (Phi) is 4.26. The molecule has 0 aliphatic carbocycles. The molecule has 0 amide bonds. The van der Waals surface area contributed by atoms with E-state index in [1.54, 1.807) is 10.7 Å². The maximum absolute atomic E-state index is 11.6. The molecule has 0 atom stereocenters. The molecule has 0 radical (unpaired) electrons. The Morgan fingerprint density at radius 2 is 2.14 bits per heavy atom. The van der Waals surface area contributed by atoms with E-state index in [9.17, 15) is 9.90 Å².